The Balaban J connectivity index is 0.000000165. The van der Waals surface area contributed by atoms with Crippen LogP contribution in [0.5, 0.6) is 0 Å². The Bertz CT molecular complexity index is 5440. The largest absolute Gasteiger partial charge is 0.418 e. The van der Waals surface area contributed by atoms with Gasteiger partial charge in [-0.25, -0.2) is 18.3 Å². The molecule has 14 rings (SSSR count). The quantitative estimate of drug-likeness (QED) is 0.0697. The molecule has 2 unspecified atom stereocenters. The lowest BCUT2D eigenvalue weighted by Gasteiger charge is -2.35. The van der Waals surface area contributed by atoms with E-state index in [9.17, 15) is 81.5 Å². The molecule has 0 saturated carbocycles. The molecule has 0 bridgehead atoms. The van der Waals surface area contributed by atoms with Crippen LogP contribution < -0.4 is 63.2 Å². The summed E-state index contributed by atoms with van der Waals surface area (Å²) < 4.78 is 181. The fourth-order valence-electron chi connectivity index (χ4n) is 14.1. The lowest BCUT2D eigenvalue weighted by atomic mass is 10.00. The molecule has 0 spiro atoms. The SMILES string of the molecule is CI.CN(c1ccc(F)cc1C(F)(F)F)c1cc(=O)n(C)c2c1CCN(c1cn[nH]c(=O)c1Cl)C2.CN(c1ccc(F)cc1C(F)(F)F)c1cc(=O)n(C)c2c1CCN(c1cnn(C3CCCCO3)c(=O)c1Cl)C2.Cn1c2c(c(Nc3ccc(F)cc3C(F)(F)F)cc1=O)CCN(c1cnn(C3CCCCO3)c(=O)c1Cl)C2. The Morgan fingerprint density at radius 3 is 1.26 bits per heavy atom. The average Bonchev–Trinajstić information content (AvgIpc) is 0.764. The first kappa shape index (κ1) is 83.6. The molecular formula is C73H71Cl3F12IN15O8. The maximum Gasteiger partial charge on any atom is 0.418 e. The molecule has 598 valence electrons. The van der Waals surface area contributed by atoms with Crippen molar-refractivity contribution in [2.45, 2.75) is 108 Å². The Morgan fingerprint density at radius 2 is 0.857 bits per heavy atom. The second-order valence-corrected chi connectivity index (χ2v) is 27.7. The number of rotatable bonds is 11. The van der Waals surface area contributed by atoms with Crippen molar-refractivity contribution in [3.05, 3.63) is 236 Å². The zero-order chi connectivity index (χ0) is 81.3. The molecule has 6 aromatic heterocycles. The summed E-state index contributed by atoms with van der Waals surface area (Å²) >= 11 is 21.2. The molecule has 0 aliphatic carbocycles. The summed E-state index contributed by atoms with van der Waals surface area (Å²) in [6.07, 6.45) is -4.96. The number of anilines is 9. The number of hydrogen-bond acceptors (Lipinski definition) is 17. The molecule has 5 aliphatic heterocycles. The Kier molecular flexibility index (Phi) is 25.5. The van der Waals surface area contributed by atoms with Crippen molar-refractivity contribution in [1.29, 1.82) is 0 Å². The molecular weight excluding hydrogens is 1680 g/mol. The summed E-state index contributed by atoms with van der Waals surface area (Å²) in [6.45, 7) is 2.70. The monoisotopic (exact) mass is 1750 g/mol. The van der Waals surface area contributed by atoms with Crippen LogP contribution in [0, 0.1) is 17.5 Å². The summed E-state index contributed by atoms with van der Waals surface area (Å²) in [5, 5.41) is 17.2. The van der Waals surface area contributed by atoms with Gasteiger partial charge in [0.1, 0.15) is 32.5 Å². The lowest BCUT2D eigenvalue weighted by Crippen LogP contribution is -2.38. The van der Waals surface area contributed by atoms with Crippen LogP contribution in [-0.4, -0.2) is 95.3 Å². The van der Waals surface area contributed by atoms with Crippen LogP contribution in [-0.2, 0) is 88.0 Å². The number of benzene rings is 3. The van der Waals surface area contributed by atoms with E-state index in [0.29, 0.717) is 145 Å². The minimum atomic E-state index is -4.80. The van der Waals surface area contributed by atoms with E-state index >= 15 is 0 Å². The predicted octanol–water partition coefficient (Wildman–Crippen LogP) is 14.2. The molecule has 39 heteroatoms. The highest BCUT2D eigenvalue weighted by Crippen LogP contribution is 2.45. The third-order valence-electron chi connectivity index (χ3n) is 19.9. The van der Waals surface area contributed by atoms with Gasteiger partial charge in [0.15, 0.2) is 12.5 Å². The van der Waals surface area contributed by atoms with Gasteiger partial charge in [-0.05, 0) is 134 Å². The van der Waals surface area contributed by atoms with E-state index < -0.39 is 98.5 Å². The third kappa shape index (κ3) is 17.5. The van der Waals surface area contributed by atoms with Gasteiger partial charge in [-0.15, -0.1) is 0 Å². The average molecular weight is 1750 g/mol. The van der Waals surface area contributed by atoms with Gasteiger partial charge < -0.3 is 53.0 Å². The number of nitrogens with one attached hydrogen (secondary N) is 2. The highest BCUT2D eigenvalue weighted by molar-refractivity contribution is 14.1. The first-order chi connectivity index (χ1) is 53.0. The number of fused-ring (bicyclic) bond motifs is 3. The van der Waals surface area contributed by atoms with Crippen LogP contribution in [0.15, 0.2) is 120 Å². The van der Waals surface area contributed by atoms with Gasteiger partial charge >= 0.3 is 18.5 Å². The van der Waals surface area contributed by atoms with Crippen molar-refractivity contribution in [2.24, 2.45) is 21.1 Å². The van der Waals surface area contributed by atoms with Crippen LogP contribution in [0.2, 0.25) is 15.1 Å². The van der Waals surface area contributed by atoms with Gasteiger partial charge in [0.25, 0.3) is 33.4 Å². The number of alkyl halides is 10. The van der Waals surface area contributed by atoms with Crippen LogP contribution in [0.25, 0.3) is 0 Å². The second kappa shape index (κ2) is 34.1. The van der Waals surface area contributed by atoms with E-state index in [1.54, 1.807) is 30.9 Å². The van der Waals surface area contributed by atoms with Crippen molar-refractivity contribution < 1.29 is 62.2 Å². The van der Waals surface area contributed by atoms with Crippen molar-refractivity contribution in [3.63, 3.8) is 0 Å². The van der Waals surface area contributed by atoms with Crippen LogP contribution in [0.1, 0.15) is 101 Å². The molecule has 5 aliphatic rings. The van der Waals surface area contributed by atoms with E-state index in [4.69, 9.17) is 44.3 Å². The van der Waals surface area contributed by atoms with E-state index in [2.05, 4.69) is 48.3 Å². The number of ether oxygens (including phenoxy) is 2. The van der Waals surface area contributed by atoms with Gasteiger partial charge in [0.05, 0.1) is 100 Å². The molecule has 112 heavy (non-hydrogen) atoms. The van der Waals surface area contributed by atoms with Crippen molar-refractivity contribution >= 4 is 109 Å². The van der Waals surface area contributed by atoms with Gasteiger partial charge in [0.2, 0.25) is 0 Å². The van der Waals surface area contributed by atoms with Crippen molar-refractivity contribution in [3.8, 4) is 0 Å². The Hall–Kier alpha value is -9.37. The molecule has 2 fully saturated rings. The molecule has 2 saturated heterocycles. The third-order valence-corrected chi connectivity index (χ3v) is 21.0. The Labute approximate surface area is 658 Å². The molecule has 3 aromatic carbocycles. The molecule has 11 heterocycles. The second-order valence-electron chi connectivity index (χ2n) is 26.6. The maximum absolute atomic E-state index is 13.7. The highest BCUT2D eigenvalue weighted by atomic mass is 127. The summed E-state index contributed by atoms with van der Waals surface area (Å²) in [7, 11) is 7.52. The Morgan fingerprint density at radius 1 is 0.482 bits per heavy atom. The minimum absolute atomic E-state index is 0.0259. The first-order valence-corrected chi connectivity index (χ1v) is 37.9. The number of aromatic nitrogens is 9. The number of hydrogen-bond donors (Lipinski definition) is 2. The normalized spacial score (nSPS) is 16.3. The van der Waals surface area contributed by atoms with Crippen molar-refractivity contribution in [2.75, 3.05) is 81.7 Å². The summed E-state index contributed by atoms with van der Waals surface area (Å²) in [6, 6.07) is 10.9. The summed E-state index contributed by atoms with van der Waals surface area (Å²) in [4.78, 5) is 86.0. The van der Waals surface area contributed by atoms with E-state index in [1.165, 1.54) is 83.7 Å². The zero-order valence-electron chi connectivity index (χ0n) is 60.5. The maximum atomic E-state index is 13.7. The smallest absolute Gasteiger partial charge is 0.363 e. The van der Waals surface area contributed by atoms with Gasteiger partial charge in [0, 0.05) is 109 Å². The number of halogens is 16. The number of nitrogens with zero attached hydrogens (tertiary/aromatic N) is 13. The standard InChI is InChI=1S/C26H26ClF4N5O3.C25H24ClF4N5O3.C21H18ClF4N5O2.CH3I/c1-33(18-7-6-15(28)11-17(18)26(29,30)31)19-12-22(37)34(2)21-14-35(9-8-16(19)21)20-13-32-36(25(38)24(20)27)23-5-3-4-10-39-23;1-33-20-13-34(19-12-31-35(24(37)23(19)26)22-4-2-3-9-38-22)8-7-15(20)18(11-21(33)36)32-17-6-5-14(27)10-16(17)25(28,29)30;1-29(14-4-3-11(23)7-13(14)21(24,25)26)15-8-18(32)30(2)17-10-31(6-5-12(15)17)16-9-27-28-20(33)19(16)22;1-2/h6-7,11-13,23H,3-5,8-10,14H2,1-2H3;5-6,10-12,22,32H,2-4,7-9,13H2,1H3;3-4,7-9H,5-6,10H2,1-2H3,(H,28,33);1H3. The van der Waals surface area contributed by atoms with E-state index in [1.807, 2.05) is 9.83 Å². The number of aromatic amines is 1. The van der Waals surface area contributed by atoms with Crippen LogP contribution in [0.3, 0.4) is 0 Å². The molecule has 0 radical (unpaired) electrons. The molecule has 2 atom stereocenters. The number of pyridine rings is 3. The van der Waals surface area contributed by atoms with E-state index in [0.717, 1.165) is 62.1 Å². The fraction of sp³-hybridized carbons (Fsp3) is 0.384. The van der Waals surface area contributed by atoms with Crippen LogP contribution >= 0.6 is 57.4 Å². The number of H-pyrrole nitrogens is 1. The molecule has 23 nitrogen and oxygen atoms in total. The predicted molar refractivity (Wildman–Crippen MR) is 407 cm³/mol. The summed E-state index contributed by atoms with van der Waals surface area (Å²) in [5.74, 6) is -3.04. The van der Waals surface area contributed by atoms with Gasteiger partial charge in [-0.2, -0.15) is 64.2 Å². The molecule has 9 aromatic rings. The first-order valence-electron chi connectivity index (χ1n) is 34.6. The van der Waals surface area contributed by atoms with Gasteiger partial charge in [-0.1, -0.05) is 57.4 Å². The van der Waals surface area contributed by atoms with Crippen molar-refractivity contribution in [1.82, 2.24) is 43.5 Å². The highest BCUT2D eigenvalue weighted by Gasteiger charge is 2.40. The molecule has 0 amide bonds. The summed E-state index contributed by atoms with van der Waals surface area (Å²) in [5.41, 5.74) is -1.62. The molecule has 2 N–H and O–H groups in total. The fourth-order valence-corrected chi connectivity index (χ4v) is 14.8. The lowest BCUT2D eigenvalue weighted by molar-refractivity contribution is -0.138. The van der Waals surface area contributed by atoms with Crippen LogP contribution in [0.4, 0.5) is 104 Å². The van der Waals surface area contributed by atoms with E-state index in [-0.39, 0.29) is 57.5 Å². The minimum Gasteiger partial charge on any atom is -0.363 e. The topological polar surface area (TPSA) is 228 Å². The zero-order valence-corrected chi connectivity index (χ0v) is 64.9. The van der Waals surface area contributed by atoms with Gasteiger partial charge in [-0.3, -0.25) is 28.8 Å².